The fourth-order valence-corrected chi connectivity index (χ4v) is 3.79. The number of nitrogens with one attached hydrogen (secondary N) is 2. The van der Waals surface area contributed by atoms with Crippen molar-refractivity contribution in [3.8, 4) is 11.1 Å². The van der Waals surface area contributed by atoms with Crippen LogP contribution in [0.5, 0.6) is 0 Å². The standard InChI is InChI=1S/C22H19BrN4O4S/c1-14(22(29)27-20-11-8-16(23)13-25-20)12-21(28)26-17-9-6-15(7-10-17)18-4-2-3-5-19(18)32(24,30)31/h2-13H,1H3,(H,26,28)(H2,24,30,31)(H,25,27,29). The lowest BCUT2D eigenvalue weighted by Crippen LogP contribution is -2.16. The number of carbonyl (C=O) groups excluding carboxylic acids is 2. The van der Waals surface area contributed by atoms with E-state index in [9.17, 15) is 18.0 Å². The number of aromatic nitrogens is 1. The van der Waals surface area contributed by atoms with Crippen molar-refractivity contribution in [2.75, 3.05) is 10.6 Å². The number of benzene rings is 2. The van der Waals surface area contributed by atoms with Gasteiger partial charge in [0.05, 0.1) is 4.90 Å². The van der Waals surface area contributed by atoms with E-state index in [1.165, 1.54) is 19.1 Å². The van der Waals surface area contributed by atoms with Crippen LogP contribution in [0.3, 0.4) is 0 Å². The first-order chi connectivity index (χ1) is 15.1. The number of hydrogen-bond acceptors (Lipinski definition) is 5. The maximum atomic E-state index is 12.3. The molecule has 0 fully saturated rings. The zero-order valence-electron chi connectivity index (χ0n) is 16.9. The summed E-state index contributed by atoms with van der Waals surface area (Å²) in [5.74, 6) is -0.578. The largest absolute Gasteiger partial charge is 0.323 e. The topological polar surface area (TPSA) is 131 Å². The van der Waals surface area contributed by atoms with Crippen molar-refractivity contribution >= 4 is 49.3 Å². The highest BCUT2D eigenvalue weighted by Gasteiger charge is 2.14. The summed E-state index contributed by atoms with van der Waals surface area (Å²) in [7, 11) is -3.88. The number of nitrogens with two attached hydrogens (primary N) is 1. The Morgan fingerprint density at radius 1 is 1.00 bits per heavy atom. The second kappa shape index (κ2) is 9.86. The number of amides is 2. The molecule has 0 aliphatic rings. The summed E-state index contributed by atoms with van der Waals surface area (Å²) >= 11 is 3.26. The van der Waals surface area contributed by atoms with Crippen molar-refractivity contribution in [3.63, 3.8) is 0 Å². The van der Waals surface area contributed by atoms with Crippen LogP contribution < -0.4 is 15.8 Å². The minimum atomic E-state index is -3.88. The second-order valence-corrected chi connectivity index (χ2v) is 9.20. The van der Waals surface area contributed by atoms with Crippen molar-refractivity contribution < 1.29 is 18.0 Å². The summed E-state index contributed by atoms with van der Waals surface area (Å²) in [6.07, 6.45) is 2.73. The van der Waals surface area contributed by atoms with Gasteiger partial charge in [-0.2, -0.15) is 0 Å². The van der Waals surface area contributed by atoms with Crippen LogP contribution in [0.1, 0.15) is 6.92 Å². The molecule has 0 radical (unpaired) electrons. The van der Waals surface area contributed by atoms with Gasteiger partial charge in [0, 0.05) is 33.6 Å². The third kappa shape index (κ3) is 6.10. The molecule has 0 aliphatic heterocycles. The molecule has 10 heteroatoms. The molecule has 1 heterocycles. The number of sulfonamides is 1. The fraction of sp³-hybridized carbons (Fsp3) is 0.0455. The summed E-state index contributed by atoms with van der Waals surface area (Å²) < 4.78 is 24.4. The van der Waals surface area contributed by atoms with E-state index >= 15 is 0 Å². The average molecular weight is 515 g/mol. The quantitative estimate of drug-likeness (QED) is 0.431. The van der Waals surface area contributed by atoms with Crippen LogP contribution in [-0.2, 0) is 19.6 Å². The van der Waals surface area contributed by atoms with E-state index in [4.69, 9.17) is 5.14 Å². The highest BCUT2D eigenvalue weighted by Crippen LogP contribution is 2.27. The summed E-state index contributed by atoms with van der Waals surface area (Å²) in [5.41, 5.74) is 1.76. The van der Waals surface area contributed by atoms with Gasteiger partial charge in [-0.1, -0.05) is 30.3 Å². The Balaban J connectivity index is 1.68. The van der Waals surface area contributed by atoms with Crippen LogP contribution in [0.4, 0.5) is 11.5 Å². The number of carbonyl (C=O) groups is 2. The molecule has 32 heavy (non-hydrogen) atoms. The first-order valence-corrected chi connectivity index (χ1v) is 11.6. The lowest BCUT2D eigenvalue weighted by Gasteiger charge is -2.09. The molecule has 4 N–H and O–H groups in total. The van der Waals surface area contributed by atoms with Crippen LogP contribution >= 0.6 is 15.9 Å². The Bertz CT molecular complexity index is 1290. The molecular weight excluding hydrogens is 496 g/mol. The molecule has 1 aromatic heterocycles. The molecule has 0 saturated carbocycles. The average Bonchev–Trinajstić information content (AvgIpc) is 2.75. The van der Waals surface area contributed by atoms with E-state index in [1.807, 2.05) is 0 Å². The molecule has 2 aromatic carbocycles. The highest BCUT2D eigenvalue weighted by molar-refractivity contribution is 9.10. The molecule has 8 nitrogen and oxygen atoms in total. The molecule has 0 bridgehead atoms. The number of nitrogens with zero attached hydrogens (tertiary/aromatic N) is 1. The third-order valence-corrected chi connectivity index (χ3v) is 5.77. The molecular formula is C22H19BrN4O4S. The van der Waals surface area contributed by atoms with E-state index in [0.29, 0.717) is 22.6 Å². The van der Waals surface area contributed by atoms with Crippen molar-refractivity contribution in [2.24, 2.45) is 5.14 Å². The van der Waals surface area contributed by atoms with Gasteiger partial charge in [0.2, 0.25) is 15.9 Å². The van der Waals surface area contributed by atoms with Crippen LogP contribution in [0.2, 0.25) is 0 Å². The minimum Gasteiger partial charge on any atom is -0.323 e. The summed E-state index contributed by atoms with van der Waals surface area (Å²) in [4.78, 5) is 28.6. The number of primary sulfonamides is 1. The SMILES string of the molecule is CC(=CC(=O)Nc1ccc(-c2ccccc2S(N)(=O)=O)cc1)C(=O)Nc1ccc(Br)cn1. The summed E-state index contributed by atoms with van der Waals surface area (Å²) in [5, 5.41) is 10.6. The number of pyridine rings is 1. The van der Waals surface area contributed by atoms with Crippen LogP contribution in [0.15, 0.2) is 87.9 Å². The molecule has 164 valence electrons. The smallest absolute Gasteiger partial charge is 0.252 e. The van der Waals surface area contributed by atoms with Gasteiger partial charge in [-0.15, -0.1) is 0 Å². The maximum Gasteiger partial charge on any atom is 0.252 e. The van der Waals surface area contributed by atoms with Crippen molar-refractivity contribution in [2.45, 2.75) is 11.8 Å². The first kappa shape index (κ1) is 23.3. The Labute approximate surface area is 193 Å². The third-order valence-electron chi connectivity index (χ3n) is 4.33. The normalized spacial score (nSPS) is 11.7. The van der Waals surface area contributed by atoms with Crippen molar-refractivity contribution in [1.29, 1.82) is 0 Å². The zero-order valence-corrected chi connectivity index (χ0v) is 19.3. The summed E-state index contributed by atoms with van der Waals surface area (Å²) in [6.45, 7) is 1.51. The van der Waals surface area contributed by atoms with Gasteiger partial charge in [0.15, 0.2) is 0 Å². The number of anilines is 2. The molecule has 0 aliphatic carbocycles. The zero-order chi connectivity index (χ0) is 23.3. The van der Waals surface area contributed by atoms with E-state index in [-0.39, 0.29) is 10.5 Å². The van der Waals surface area contributed by atoms with Crippen molar-refractivity contribution in [3.05, 3.63) is 83.0 Å². The van der Waals surface area contributed by atoms with Crippen LogP contribution in [0.25, 0.3) is 11.1 Å². The van der Waals surface area contributed by atoms with E-state index in [2.05, 4.69) is 31.5 Å². The second-order valence-electron chi connectivity index (χ2n) is 6.75. The number of rotatable bonds is 6. The van der Waals surface area contributed by atoms with Gasteiger partial charge >= 0.3 is 0 Å². The molecule has 0 spiro atoms. The van der Waals surface area contributed by atoms with Crippen LogP contribution in [-0.4, -0.2) is 25.2 Å². The lowest BCUT2D eigenvalue weighted by molar-refractivity contribution is -0.114. The van der Waals surface area contributed by atoms with E-state index < -0.39 is 21.8 Å². The number of hydrogen-bond donors (Lipinski definition) is 3. The van der Waals surface area contributed by atoms with Crippen molar-refractivity contribution in [1.82, 2.24) is 4.98 Å². The predicted octanol–water partition coefficient (Wildman–Crippen LogP) is 3.68. The molecule has 0 unspecified atom stereocenters. The molecule has 3 rings (SSSR count). The van der Waals surface area contributed by atoms with Gasteiger partial charge in [0.1, 0.15) is 5.82 Å². The molecule has 0 atom stereocenters. The Hall–Kier alpha value is -3.34. The highest BCUT2D eigenvalue weighted by atomic mass is 79.9. The lowest BCUT2D eigenvalue weighted by atomic mass is 10.1. The Kier molecular flexibility index (Phi) is 7.18. The Morgan fingerprint density at radius 2 is 1.69 bits per heavy atom. The van der Waals surface area contributed by atoms with E-state index in [0.717, 1.165) is 4.47 Å². The number of halogens is 1. The molecule has 3 aromatic rings. The van der Waals surface area contributed by atoms with Gasteiger partial charge in [0.25, 0.3) is 5.91 Å². The van der Waals surface area contributed by atoms with Gasteiger partial charge in [-0.3, -0.25) is 9.59 Å². The van der Waals surface area contributed by atoms with Gasteiger partial charge in [-0.25, -0.2) is 18.5 Å². The fourth-order valence-electron chi connectivity index (χ4n) is 2.79. The van der Waals surface area contributed by atoms with Gasteiger partial charge < -0.3 is 10.6 Å². The van der Waals surface area contributed by atoms with E-state index in [1.54, 1.807) is 60.8 Å². The Morgan fingerprint density at radius 3 is 2.31 bits per heavy atom. The predicted molar refractivity (Wildman–Crippen MR) is 126 cm³/mol. The molecule has 0 saturated heterocycles. The maximum absolute atomic E-state index is 12.3. The minimum absolute atomic E-state index is 0.0154. The monoisotopic (exact) mass is 514 g/mol. The first-order valence-electron chi connectivity index (χ1n) is 9.28. The molecule has 2 amide bonds. The van der Waals surface area contributed by atoms with Crippen LogP contribution in [0, 0.1) is 0 Å². The summed E-state index contributed by atoms with van der Waals surface area (Å²) in [6, 6.07) is 16.3. The van der Waals surface area contributed by atoms with Gasteiger partial charge in [-0.05, 0) is 58.7 Å².